The number of hydrogen-bond acceptors (Lipinski definition) is 6. The molecular formula is C22H27Cl2N3O2S2. The molecule has 1 amide bonds. The predicted molar refractivity (Wildman–Crippen MR) is 136 cm³/mol. The van der Waals surface area contributed by atoms with Crippen molar-refractivity contribution in [2.75, 3.05) is 44.9 Å². The number of amides is 1. The van der Waals surface area contributed by atoms with Crippen molar-refractivity contribution in [3.05, 3.63) is 47.5 Å². The van der Waals surface area contributed by atoms with E-state index in [1.165, 1.54) is 11.3 Å². The highest BCUT2D eigenvalue weighted by atomic mass is 35.5. The van der Waals surface area contributed by atoms with Gasteiger partial charge in [0, 0.05) is 28.6 Å². The summed E-state index contributed by atoms with van der Waals surface area (Å²) in [6.07, 6.45) is 1.34. The minimum absolute atomic E-state index is 0. The van der Waals surface area contributed by atoms with Crippen LogP contribution in [0.5, 0.6) is 5.75 Å². The summed E-state index contributed by atoms with van der Waals surface area (Å²) in [6, 6.07) is 13.5. The molecule has 0 N–H and O–H groups in total. The van der Waals surface area contributed by atoms with Crippen LogP contribution >= 0.6 is 47.1 Å². The number of nitrogens with zero attached hydrogens (tertiary/aromatic N) is 3. The number of benzene rings is 2. The fraction of sp³-hybridized carbons (Fsp3) is 0.364. The van der Waals surface area contributed by atoms with Gasteiger partial charge in [-0.2, -0.15) is 0 Å². The van der Waals surface area contributed by atoms with Gasteiger partial charge in [0.15, 0.2) is 5.13 Å². The number of halogens is 2. The van der Waals surface area contributed by atoms with Gasteiger partial charge in [-0.1, -0.05) is 22.9 Å². The molecular weight excluding hydrogens is 473 g/mol. The Hall–Kier alpha value is -1.51. The molecule has 0 atom stereocenters. The molecule has 0 saturated carbocycles. The van der Waals surface area contributed by atoms with Crippen LogP contribution in [-0.2, 0) is 4.79 Å². The second kappa shape index (κ2) is 12.5. The number of fused-ring (bicyclic) bond motifs is 1. The lowest BCUT2D eigenvalue weighted by molar-refractivity contribution is -0.118. The van der Waals surface area contributed by atoms with Crippen LogP contribution in [0, 0.1) is 0 Å². The molecule has 1 aromatic heterocycles. The summed E-state index contributed by atoms with van der Waals surface area (Å²) in [7, 11) is 5.73. The molecule has 0 aliphatic heterocycles. The van der Waals surface area contributed by atoms with Crippen LogP contribution in [0.25, 0.3) is 10.2 Å². The zero-order chi connectivity index (χ0) is 21.5. The summed E-state index contributed by atoms with van der Waals surface area (Å²) in [6.45, 7) is 1.57. The van der Waals surface area contributed by atoms with E-state index in [1.807, 2.05) is 61.5 Å². The normalized spacial score (nSPS) is 10.9. The third-order valence-electron chi connectivity index (χ3n) is 4.50. The Morgan fingerprint density at radius 3 is 2.58 bits per heavy atom. The second-order valence-corrected chi connectivity index (χ2v) is 9.70. The third-order valence-corrected chi connectivity index (χ3v) is 6.81. The molecule has 168 valence electrons. The summed E-state index contributed by atoms with van der Waals surface area (Å²) >= 11 is 9.13. The molecule has 3 rings (SSSR count). The van der Waals surface area contributed by atoms with E-state index >= 15 is 0 Å². The van der Waals surface area contributed by atoms with Crippen molar-refractivity contribution in [1.82, 2.24) is 9.88 Å². The van der Waals surface area contributed by atoms with Gasteiger partial charge < -0.3 is 9.64 Å². The van der Waals surface area contributed by atoms with Crippen LogP contribution in [0.1, 0.15) is 12.8 Å². The molecule has 0 radical (unpaired) electrons. The summed E-state index contributed by atoms with van der Waals surface area (Å²) in [4.78, 5) is 22.9. The summed E-state index contributed by atoms with van der Waals surface area (Å²) in [5.41, 5.74) is 0.886. The fourth-order valence-corrected chi connectivity index (χ4v) is 4.93. The quantitative estimate of drug-likeness (QED) is 0.327. The second-order valence-electron chi connectivity index (χ2n) is 7.08. The molecule has 0 spiro atoms. The van der Waals surface area contributed by atoms with Crippen LogP contribution in [0.15, 0.2) is 47.4 Å². The Bertz CT molecular complexity index is 981. The minimum Gasteiger partial charge on any atom is -0.497 e. The highest BCUT2D eigenvalue weighted by Crippen LogP contribution is 2.32. The maximum Gasteiger partial charge on any atom is 0.229 e. The van der Waals surface area contributed by atoms with Gasteiger partial charge in [0.1, 0.15) is 5.75 Å². The van der Waals surface area contributed by atoms with Crippen LogP contribution in [0.3, 0.4) is 0 Å². The van der Waals surface area contributed by atoms with E-state index in [9.17, 15) is 4.79 Å². The molecule has 2 aromatic carbocycles. The van der Waals surface area contributed by atoms with Gasteiger partial charge >= 0.3 is 0 Å². The van der Waals surface area contributed by atoms with Crippen molar-refractivity contribution in [2.24, 2.45) is 0 Å². The number of hydrogen-bond donors (Lipinski definition) is 0. The highest BCUT2D eigenvalue weighted by Gasteiger charge is 2.19. The molecule has 0 fully saturated rings. The van der Waals surface area contributed by atoms with Crippen molar-refractivity contribution in [2.45, 2.75) is 17.7 Å². The average molecular weight is 501 g/mol. The van der Waals surface area contributed by atoms with Crippen molar-refractivity contribution in [3.8, 4) is 5.75 Å². The highest BCUT2D eigenvalue weighted by molar-refractivity contribution is 7.99. The first-order valence-electron chi connectivity index (χ1n) is 9.74. The Balaban J connectivity index is 0.00000341. The van der Waals surface area contributed by atoms with E-state index in [-0.39, 0.29) is 18.3 Å². The monoisotopic (exact) mass is 499 g/mol. The Kier molecular flexibility index (Phi) is 10.4. The van der Waals surface area contributed by atoms with Crippen LogP contribution in [-0.4, -0.2) is 55.8 Å². The van der Waals surface area contributed by atoms with Gasteiger partial charge in [-0.15, -0.1) is 24.2 Å². The number of carbonyl (C=O) groups is 1. The van der Waals surface area contributed by atoms with Gasteiger partial charge in [0.2, 0.25) is 5.91 Å². The number of aromatic nitrogens is 1. The number of rotatable bonds is 10. The maximum atomic E-state index is 13.1. The Labute approximate surface area is 203 Å². The maximum absolute atomic E-state index is 13.1. The molecule has 5 nitrogen and oxygen atoms in total. The fourth-order valence-electron chi connectivity index (χ4n) is 2.93. The first kappa shape index (κ1) is 25.7. The van der Waals surface area contributed by atoms with Gasteiger partial charge in [-0.25, -0.2) is 4.98 Å². The first-order chi connectivity index (χ1) is 14.5. The van der Waals surface area contributed by atoms with E-state index in [2.05, 4.69) is 4.90 Å². The number of anilines is 1. The standard InChI is InChI=1S/C22H26ClN3O2S2.ClH/c1-25(2)12-4-13-26(21(27)11-14-29-18-8-5-16(23)6-9-18)22-24-19-10-7-17(28-3)15-20(19)30-22;/h5-10,15H,4,11-14H2,1-3H3;1H. The summed E-state index contributed by atoms with van der Waals surface area (Å²) < 4.78 is 6.33. The number of thiazole rings is 1. The molecule has 31 heavy (non-hydrogen) atoms. The Morgan fingerprint density at radius 2 is 1.90 bits per heavy atom. The number of ether oxygens (including phenoxy) is 1. The minimum atomic E-state index is 0. The SMILES string of the molecule is COc1ccc2nc(N(CCCN(C)C)C(=O)CCSc3ccc(Cl)cc3)sc2c1.Cl. The summed E-state index contributed by atoms with van der Waals surface area (Å²) in [5, 5.41) is 1.47. The molecule has 3 aromatic rings. The largest absolute Gasteiger partial charge is 0.497 e. The van der Waals surface area contributed by atoms with Gasteiger partial charge in [-0.3, -0.25) is 9.69 Å². The zero-order valence-corrected chi connectivity index (χ0v) is 21.0. The van der Waals surface area contributed by atoms with Gasteiger partial charge in [-0.05, 0) is 69.5 Å². The van der Waals surface area contributed by atoms with E-state index < -0.39 is 0 Å². The molecule has 1 heterocycles. The molecule has 0 unspecified atom stereocenters. The number of thioether (sulfide) groups is 1. The van der Waals surface area contributed by atoms with E-state index in [0.717, 1.165) is 44.0 Å². The van der Waals surface area contributed by atoms with Crippen LogP contribution in [0.4, 0.5) is 5.13 Å². The number of carbonyl (C=O) groups excluding carboxylic acids is 1. The van der Waals surface area contributed by atoms with Crippen LogP contribution < -0.4 is 9.64 Å². The lowest BCUT2D eigenvalue weighted by Crippen LogP contribution is -2.33. The lowest BCUT2D eigenvalue weighted by Gasteiger charge is -2.21. The Morgan fingerprint density at radius 1 is 1.16 bits per heavy atom. The van der Waals surface area contributed by atoms with E-state index in [0.29, 0.717) is 18.7 Å². The van der Waals surface area contributed by atoms with E-state index in [4.69, 9.17) is 21.3 Å². The van der Waals surface area contributed by atoms with Gasteiger partial charge in [0.05, 0.1) is 17.3 Å². The molecule has 0 saturated heterocycles. The first-order valence-corrected chi connectivity index (χ1v) is 11.9. The van der Waals surface area contributed by atoms with Crippen molar-refractivity contribution >= 4 is 68.4 Å². The smallest absolute Gasteiger partial charge is 0.229 e. The van der Waals surface area contributed by atoms with Crippen molar-refractivity contribution in [3.63, 3.8) is 0 Å². The molecule has 9 heteroatoms. The predicted octanol–water partition coefficient (Wildman–Crippen LogP) is 5.85. The molecule has 0 aliphatic carbocycles. The zero-order valence-electron chi connectivity index (χ0n) is 17.8. The van der Waals surface area contributed by atoms with Crippen molar-refractivity contribution in [1.29, 1.82) is 0 Å². The summed E-state index contributed by atoms with van der Waals surface area (Å²) in [5.74, 6) is 1.60. The average Bonchev–Trinajstić information content (AvgIpc) is 3.15. The molecule has 0 bridgehead atoms. The third kappa shape index (κ3) is 7.54. The number of methoxy groups -OCH3 is 1. The van der Waals surface area contributed by atoms with Crippen molar-refractivity contribution < 1.29 is 9.53 Å². The topological polar surface area (TPSA) is 45.7 Å². The lowest BCUT2D eigenvalue weighted by atomic mass is 10.3. The van der Waals surface area contributed by atoms with E-state index in [1.54, 1.807) is 18.9 Å². The molecule has 0 aliphatic rings. The van der Waals surface area contributed by atoms with Crippen LogP contribution in [0.2, 0.25) is 5.02 Å². The van der Waals surface area contributed by atoms with Gasteiger partial charge in [0.25, 0.3) is 0 Å².